The maximum absolute atomic E-state index is 5.38. The van der Waals surface area contributed by atoms with Crippen LogP contribution in [0.1, 0.15) is 26.1 Å². The predicted octanol–water partition coefficient (Wildman–Crippen LogP) is 0.762. The number of rotatable bonds is 8. The molecule has 1 heterocycles. The van der Waals surface area contributed by atoms with Crippen molar-refractivity contribution >= 4 is 0 Å². The van der Waals surface area contributed by atoms with E-state index in [4.69, 9.17) is 4.74 Å². The number of hydrogen-bond donors (Lipinski definition) is 1. The van der Waals surface area contributed by atoms with Crippen LogP contribution in [0, 0.1) is 0 Å². The first-order valence-electron chi connectivity index (χ1n) is 5.91. The molecule has 0 aliphatic heterocycles. The molecule has 1 unspecified atom stereocenters. The van der Waals surface area contributed by atoms with Gasteiger partial charge in [-0.25, -0.2) is 4.98 Å². The summed E-state index contributed by atoms with van der Waals surface area (Å²) >= 11 is 0. The highest BCUT2D eigenvalue weighted by Crippen LogP contribution is 2.02. The van der Waals surface area contributed by atoms with E-state index in [0.717, 1.165) is 38.4 Å². The zero-order valence-corrected chi connectivity index (χ0v) is 10.4. The van der Waals surface area contributed by atoms with E-state index in [2.05, 4.69) is 22.3 Å². The molecule has 0 amide bonds. The minimum Gasteiger partial charge on any atom is -0.382 e. The SMILES string of the molecule is CCNC(CCOCC)Cc1ncnn1C. The van der Waals surface area contributed by atoms with Crippen molar-refractivity contribution in [3.05, 3.63) is 12.2 Å². The molecular weight excluding hydrogens is 204 g/mol. The second-order valence-corrected chi connectivity index (χ2v) is 3.74. The van der Waals surface area contributed by atoms with Crippen LogP contribution in [0.3, 0.4) is 0 Å². The summed E-state index contributed by atoms with van der Waals surface area (Å²) in [5.41, 5.74) is 0. The van der Waals surface area contributed by atoms with Gasteiger partial charge in [0.1, 0.15) is 12.2 Å². The van der Waals surface area contributed by atoms with E-state index >= 15 is 0 Å². The first kappa shape index (κ1) is 13.1. The summed E-state index contributed by atoms with van der Waals surface area (Å²) < 4.78 is 7.20. The summed E-state index contributed by atoms with van der Waals surface area (Å²) in [6.07, 6.45) is 3.51. The van der Waals surface area contributed by atoms with Gasteiger partial charge in [-0.1, -0.05) is 6.92 Å². The van der Waals surface area contributed by atoms with Crippen LogP contribution in [0.5, 0.6) is 0 Å². The summed E-state index contributed by atoms with van der Waals surface area (Å²) in [5, 5.41) is 7.52. The molecule has 0 aliphatic rings. The van der Waals surface area contributed by atoms with E-state index < -0.39 is 0 Å². The normalized spacial score (nSPS) is 12.9. The third-order valence-corrected chi connectivity index (χ3v) is 2.54. The van der Waals surface area contributed by atoms with Crippen LogP contribution < -0.4 is 5.32 Å². The number of likely N-dealkylation sites (N-methyl/N-ethyl adjacent to an activating group) is 1. The number of nitrogens with zero attached hydrogens (tertiary/aromatic N) is 3. The van der Waals surface area contributed by atoms with Gasteiger partial charge in [0.05, 0.1) is 0 Å². The van der Waals surface area contributed by atoms with Crippen molar-refractivity contribution in [3.8, 4) is 0 Å². The van der Waals surface area contributed by atoms with Gasteiger partial charge in [0, 0.05) is 32.7 Å². The predicted molar refractivity (Wildman–Crippen MR) is 63.3 cm³/mol. The fourth-order valence-electron chi connectivity index (χ4n) is 1.66. The van der Waals surface area contributed by atoms with Gasteiger partial charge < -0.3 is 10.1 Å². The van der Waals surface area contributed by atoms with Crippen LogP contribution >= 0.6 is 0 Å². The first-order valence-corrected chi connectivity index (χ1v) is 5.91. The van der Waals surface area contributed by atoms with Crippen molar-refractivity contribution in [1.82, 2.24) is 20.1 Å². The van der Waals surface area contributed by atoms with Gasteiger partial charge in [0.25, 0.3) is 0 Å². The Morgan fingerprint density at radius 2 is 2.31 bits per heavy atom. The Morgan fingerprint density at radius 1 is 1.50 bits per heavy atom. The van der Waals surface area contributed by atoms with Crippen LogP contribution in [-0.4, -0.2) is 40.6 Å². The van der Waals surface area contributed by atoms with E-state index in [1.54, 1.807) is 6.33 Å². The second-order valence-electron chi connectivity index (χ2n) is 3.74. The molecule has 0 spiro atoms. The molecule has 0 fully saturated rings. The van der Waals surface area contributed by atoms with E-state index in [0.29, 0.717) is 6.04 Å². The Labute approximate surface area is 97.2 Å². The van der Waals surface area contributed by atoms with Crippen molar-refractivity contribution in [2.45, 2.75) is 32.7 Å². The standard InChI is InChI=1S/C11H22N4O/c1-4-12-10(6-7-16-5-2)8-11-13-9-14-15(11)3/h9-10,12H,4-8H2,1-3H3. The average molecular weight is 226 g/mol. The highest BCUT2D eigenvalue weighted by Gasteiger charge is 2.11. The molecule has 0 radical (unpaired) electrons. The first-order chi connectivity index (χ1) is 7.77. The summed E-state index contributed by atoms with van der Waals surface area (Å²) in [6.45, 7) is 6.68. The molecular formula is C11H22N4O. The lowest BCUT2D eigenvalue weighted by atomic mass is 10.1. The molecule has 0 bridgehead atoms. The molecule has 0 aliphatic carbocycles. The van der Waals surface area contributed by atoms with Gasteiger partial charge in [-0.3, -0.25) is 4.68 Å². The smallest absolute Gasteiger partial charge is 0.138 e. The Morgan fingerprint density at radius 3 is 2.88 bits per heavy atom. The molecule has 5 nitrogen and oxygen atoms in total. The van der Waals surface area contributed by atoms with Crippen molar-refractivity contribution in [1.29, 1.82) is 0 Å². The van der Waals surface area contributed by atoms with Gasteiger partial charge in [-0.15, -0.1) is 0 Å². The van der Waals surface area contributed by atoms with E-state index in [-0.39, 0.29) is 0 Å². The topological polar surface area (TPSA) is 52.0 Å². The number of nitrogens with one attached hydrogen (secondary N) is 1. The fourth-order valence-corrected chi connectivity index (χ4v) is 1.66. The van der Waals surface area contributed by atoms with Crippen molar-refractivity contribution in [3.63, 3.8) is 0 Å². The van der Waals surface area contributed by atoms with Crippen molar-refractivity contribution in [2.24, 2.45) is 7.05 Å². The third kappa shape index (κ3) is 4.28. The fraction of sp³-hybridized carbons (Fsp3) is 0.818. The van der Waals surface area contributed by atoms with E-state index in [1.807, 2.05) is 18.7 Å². The largest absolute Gasteiger partial charge is 0.382 e. The summed E-state index contributed by atoms with van der Waals surface area (Å²) in [6, 6.07) is 0.416. The highest BCUT2D eigenvalue weighted by molar-refractivity contribution is 4.88. The molecule has 92 valence electrons. The van der Waals surface area contributed by atoms with Crippen molar-refractivity contribution in [2.75, 3.05) is 19.8 Å². The number of aromatic nitrogens is 3. The molecule has 1 atom stereocenters. The average Bonchev–Trinajstić information content (AvgIpc) is 2.65. The third-order valence-electron chi connectivity index (χ3n) is 2.54. The Balaban J connectivity index is 2.41. The molecule has 16 heavy (non-hydrogen) atoms. The quantitative estimate of drug-likeness (QED) is 0.665. The van der Waals surface area contributed by atoms with Crippen LogP contribution in [-0.2, 0) is 18.2 Å². The van der Waals surface area contributed by atoms with Gasteiger partial charge in [0.15, 0.2) is 0 Å². The minimum atomic E-state index is 0.416. The highest BCUT2D eigenvalue weighted by atomic mass is 16.5. The zero-order valence-electron chi connectivity index (χ0n) is 10.4. The molecule has 1 N–H and O–H groups in total. The van der Waals surface area contributed by atoms with Crippen LogP contribution in [0.4, 0.5) is 0 Å². The van der Waals surface area contributed by atoms with Gasteiger partial charge in [-0.2, -0.15) is 5.10 Å². The van der Waals surface area contributed by atoms with Crippen molar-refractivity contribution < 1.29 is 4.74 Å². The van der Waals surface area contributed by atoms with Gasteiger partial charge in [-0.05, 0) is 19.9 Å². The lowest BCUT2D eigenvalue weighted by Crippen LogP contribution is -2.33. The summed E-state index contributed by atoms with van der Waals surface area (Å²) in [5.74, 6) is 1.02. The summed E-state index contributed by atoms with van der Waals surface area (Å²) in [4.78, 5) is 4.24. The minimum absolute atomic E-state index is 0.416. The maximum atomic E-state index is 5.38. The molecule has 5 heteroatoms. The molecule has 0 saturated heterocycles. The molecule has 1 aromatic rings. The van der Waals surface area contributed by atoms with Crippen LogP contribution in [0.2, 0.25) is 0 Å². The number of ether oxygens (including phenoxy) is 1. The lowest BCUT2D eigenvalue weighted by Gasteiger charge is -2.17. The monoisotopic (exact) mass is 226 g/mol. The Kier molecular flexibility index (Phi) is 6.03. The molecule has 0 saturated carbocycles. The van der Waals surface area contributed by atoms with E-state index in [1.165, 1.54) is 0 Å². The Bertz CT molecular complexity index is 287. The zero-order chi connectivity index (χ0) is 11.8. The lowest BCUT2D eigenvalue weighted by molar-refractivity contribution is 0.136. The molecule has 1 aromatic heterocycles. The number of aryl methyl sites for hydroxylation is 1. The van der Waals surface area contributed by atoms with Gasteiger partial charge >= 0.3 is 0 Å². The molecule has 1 rings (SSSR count). The number of hydrogen-bond acceptors (Lipinski definition) is 4. The van der Waals surface area contributed by atoms with Gasteiger partial charge in [0.2, 0.25) is 0 Å². The Hall–Kier alpha value is -0.940. The van der Waals surface area contributed by atoms with E-state index in [9.17, 15) is 0 Å². The second kappa shape index (κ2) is 7.35. The maximum Gasteiger partial charge on any atom is 0.138 e. The molecule has 0 aromatic carbocycles. The van der Waals surface area contributed by atoms with Crippen LogP contribution in [0.15, 0.2) is 6.33 Å². The van der Waals surface area contributed by atoms with Crippen LogP contribution in [0.25, 0.3) is 0 Å². The summed E-state index contributed by atoms with van der Waals surface area (Å²) in [7, 11) is 1.92.